The topological polar surface area (TPSA) is 54.5 Å². The first kappa shape index (κ1) is 26.6. The van der Waals surface area contributed by atoms with Crippen molar-refractivity contribution in [3.05, 3.63) is 98.2 Å². The Hall–Kier alpha value is -1.96. The third-order valence-electron chi connectivity index (χ3n) is 7.62. The van der Waals surface area contributed by atoms with Crippen LogP contribution in [-0.4, -0.2) is 48.1 Å². The van der Waals surface area contributed by atoms with Crippen molar-refractivity contribution in [2.45, 2.75) is 37.3 Å². The second-order valence-corrected chi connectivity index (χ2v) is 11.5. The Labute approximate surface area is 236 Å². The minimum absolute atomic E-state index is 0.0428. The number of nitrogens with zero attached hydrogens (tertiary/aromatic N) is 2. The summed E-state index contributed by atoms with van der Waals surface area (Å²) >= 11 is 16.3. The van der Waals surface area contributed by atoms with E-state index in [1.165, 1.54) is 5.56 Å². The van der Waals surface area contributed by atoms with Crippen LogP contribution in [0.5, 0.6) is 0 Å². The molecule has 2 aliphatic rings. The number of halogens is 3. The fourth-order valence-corrected chi connectivity index (χ4v) is 6.30. The quantitative estimate of drug-likeness (QED) is 0.344. The normalized spacial score (nSPS) is 23.4. The van der Waals surface area contributed by atoms with Gasteiger partial charge in [-0.05, 0) is 66.6 Å². The van der Waals surface area contributed by atoms with Gasteiger partial charge < -0.3 is 10.1 Å². The smallest absolute Gasteiger partial charge is 0.224 e. The van der Waals surface area contributed by atoms with Crippen LogP contribution in [0.15, 0.2) is 71.5 Å². The van der Waals surface area contributed by atoms with Gasteiger partial charge in [-0.1, -0.05) is 63.4 Å². The fourth-order valence-electron chi connectivity index (χ4n) is 5.68. The van der Waals surface area contributed by atoms with E-state index in [-0.39, 0.29) is 17.7 Å². The molecule has 1 unspecified atom stereocenters. The van der Waals surface area contributed by atoms with Gasteiger partial charge in [0, 0.05) is 52.5 Å². The summed E-state index contributed by atoms with van der Waals surface area (Å²) in [5, 5.41) is 4.51. The first-order valence-electron chi connectivity index (χ1n) is 12.7. The molecule has 2 heterocycles. The van der Waals surface area contributed by atoms with Gasteiger partial charge in [-0.2, -0.15) is 0 Å². The number of amides is 1. The molecule has 1 saturated heterocycles. The van der Waals surface area contributed by atoms with Crippen LogP contribution in [-0.2, 0) is 9.53 Å². The zero-order valence-corrected chi connectivity index (χ0v) is 23.6. The van der Waals surface area contributed by atoms with Crippen LogP contribution in [0, 0.1) is 5.92 Å². The molecule has 1 aliphatic carbocycles. The summed E-state index contributed by atoms with van der Waals surface area (Å²) in [4.78, 5) is 20.7. The Morgan fingerprint density at radius 2 is 1.76 bits per heavy atom. The third-order valence-corrected chi connectivity index (χ3v) is 8.72. The van der Waals surface area contributed by atoms with Gasteiger partial charge in [0.15, 0.2) is 0 Å². The van der Waals surface area contributed by atoms with Crippen LogP contribution in [0.1, 0.15) is 47.9 Å². The van der Waals surface area contributed by atoms with Crippen LogP contribution < -0.4 is 5.32 Å². The molecule has 3 aromatic rings. The molecule has 1 N–H and O–H groups in total. The average Bonchev–Trinajstić information content (AvgIpc) is 2.93. The van der Waals surface area contributed by atoms with Crippen LogP contribution in [0.4, 0.5) is 0 Å². The number of benzene rings is 2. The molecule has 8 heteroatoms. The molecule has 2 fully saturated rings. The number of morpholine rings is 1. The zero-order chi connectivity index (χ0) is 25.8. The van der Waals surface area contributed by atoms with Crippen LogP contribution in [0.3, 0.4) is 0 Å². The molecule has 1 saturated carbocycles. The molecular weight excluding hydrogens is 573 g/mol. The van der Waals surface area contributed by atoms with Crippen LogP contribution >= 0.6 is 39.1 Å². The van der Waals surface area contributed by atoms with Gasteiger partial charge in [0.1, 0.15) is 0 Å². The predicted octanol–water partition coefficient (Wildman–Crippen LogP) is 6.64. The fraction of sp³-hybridized carbons (Fsp3) is 0.379. The van der Waals surface area contributed by atoms with Crippen LogP contribution in [0.25, 0.3) is 0 Å². The first-order valence-corrected chi connectivity index (χ1v) is 14.3. The van der Waals surface area contributed by atoms with Gasteiger partial charge in [0.25, 0.3) is 0 Å². The van der Waals surface area contributed by atoms with E-state index in [4.69, 9.17) is 27.9 Å². The standard InChI is InChI=1S/C29H30BrCl2N3O2/c30-21-5-1-19(2-6-21)26-17-23(35-13-15-37-16-14-35)9-10-24(26)29(36)34-28(20-3-7-22(31)8-4-20)25-11-12-33-18-27(25)32/h1-8,11-12,18,23-24,26,28H,9-10,13-17H2,(H,34,36)/t23-,24-,26+,28?/m1/s1. The van der Waals surface area contributed by atoms with Gasteiger partial charge in [0.05, 0.1) is 24.3 Å². The molecule has 1 aliphatic heterocycles. The van der Waals surface area contributed by atoms with Gasteiger partial charge in [-0.25, -0.2) is 0 Å². The lowest BCUT2D eigenvalue weighted by atomic mass is 9.72. The van der Waals surface area contributed by atoms with Crippen LogP contribution in [0.2, 0.25) is 10.0 Å². The molecule has 4 atom stereocenters. The lowest BCUT2D eigenvalue weighted by Gasteiger charge is -2.42. The number of carbonyl (C=O) groups excluding carboxylic acids is 1. The van der Waals surface area contributed by atoms with Crippen molar-refractivity contribution < 1.29 is 9.53 Å². The molecule has 2 aromatic carbocycles. The van der Waals surface area contributed by atoms with Crippen molar-refractivity contribution in [1.29, 1.82) is 0 Å². The summed E-state index contributed by atoms with van der Waals surface area (Å²) in [6.07, 6.45) is 6.08. The Morgan fingerprint density at radius 3 is 2.46 bits per heavy atom. The highest BCUT2D eigenvalue weighted by atomic mass is 79.9. The van der Waals surface area contributed by atoms with E-state index in [9.17, 15) is 4.79 Å². The molecule has 1 aromatic heterocycles. The number of carbonyl (C=O) groups is 1. The number of hydrogen-bond acceptors (Lipinski definition) is 4. The van der Waals surface area contributed by atoms with E-state index in [1.54, 1.807) is 12.4 Å². The Bertz CT molecular complexity index is 1200. The first-order chi connectivity index (χ1) is 18.0. The van der Waals surface area contributed by atoms with E-state index < -0.39 is 6.04 Å². The van der Waals surface area contributed by atoms with E-state index in [2.05, 4.69) is 55.4 Å². The maximum atomic E-state index is 14.0. The monoisotopic (exact) mass is 601 g/mol. The molecule has 0 spiro atoms. The Kier molecular flexibility index (Phi) is 8.83. The van der Waals surface area contributed by atoms with Crippen molar-refractivity contribution in [2.75, 3.05) is 26.3 Å². The van der Waals surface area contributed by atoms with E-state index in [1.807, 2.05) is 30.3 Å². The number of hydrogen-bond donors (Lipinski definition) is 1. The SMILES string of the molecule is O=C(NC(c1ccc(Cl)cc1)c1ccncc1Cl)[C@@H]1CC[C@@H](N2CCOCC2)C[C@H]1c1ccc(Br)cc1. The highest BCUT2D eigenvalue weighted by Gasteiger charge is 2.39. The Morgan fingerprint density at radius 1 is 1.03 bits per heavy atom. The van der Waals surface area contributed by atoms with Gasteiger partial charge >= 0.3 is 0 Å². The molecule has 5 nitrogen and oxygen atoms in total. The summed E-state index contributed by atoms with van der Waals surface area (Å²) in [6, 6.07) is 17.9. The molecule has 0 bridgehead atoms. The molecule has 1 amide bonds. The summed E-state index contributed by atoms with van der Waals surface area (Å²) < 4.78 is 6.62. The minimum Gasteiger partial charge on any atom is -0.379 e. The molecule has 5 rings (SSSR count). The average molecular weight is 603 g/mol. The lowest BCUT2D eigenvalue weighted by Crippen LogP contribution is -2.48. The summed E-state index contributed by atoms with van der Waals surface area (Å²) in [6.45, 7) is 3.46. The minimum atomic E-state index is -0.400. The van der Waals surface area contributed by atoms with E-state index >= 15 is 0 Å². The van der Waals surface area contributed by atoms with Crippen molar-refractivity contribution >= 4 is 45.0 Å². The number of pyridine rings is 1. The van der Waals surface area contributed by atoms with Gasteiger partial charge in [0.2, 0.25) is 5.91 Å². The summed E-state index contributed by atoms with van der Waals surface area (Å²) in [5.41, 5.74) is 2.94. The third kappa shape index (κ3) is 6.37. The molecule has 37 heavy (non-hydrogen) atoms. The number of aromatic nitrogens is 1. The van der Waals surface area contributed by atoms with Crippen molar-refractivity contribution in [2.24, 2.45) is 5.92 Å². The number of nitrogens with one attached hydrogen (secondary N) is 1. The van der Waals surface area contributed by atoms with Crippen molar-refractivity contribution in [3.8, 4) is 0 Å². The molecule has 194 valence electrons. The lowest BCUT2D eigenvalue weighted by molar-refractivity contribution is -0.127. The molecular formula is C29H30BrCl2N3O2. The predicted molar refractivity (Wildman–Crippen MR) is 151 cm³/mol. The summed E-state index contributed by atoms with van der Waals surface area (Å²) in [7, 11) is 0. The maximum Gasteiger partial charge on any atom is 0.224 e. The van der Waals surface area contributed by atoms with Crippen molar-refractivity contribution in [1.82, 2.24) is 15.2 Å². The van der Waals surface area contributed by atoms with Gasteiger partial charge in [-0.3, -0.25) is 14.7 Å². The number of rotatable bonds is 6. The summed E-state index contributed by atoms with van der Waals surface area (Å²) in [5.74, 6) is 0.0172. The zero-order valence-electron chi connectivity index (χ0n) is 20.5. The van der Waals surface area contributed by atoms with E-state index in [0.717, 1.165) is 61.2 Å². The second-order valence-electron chi connectivity index (χ2n) is 9.77. The number of ether oxygens (including phenoxy) is 1. The highest BCUT2D eigenvalue weighted by molar-refractivity contribution is 9.10. The maximum absolute atomic E-state index is 14.0. The largest absolute Gasteiger partial charge is 0.379 e. The highest BCUT2D eigenvalue weighted by Crippen LogP contribution is 2.41. The van der Waals surface area contributed by atoms with Crippen molar-refractivity contribution in [3.63, 3.8) is 0 Å². The second kappa shape index (κ2) is 12.3. The van der Waals surface area contributed by atoms with Gasteiger partial charge in [-0.15, -0.1) is 0 Å². The Balaban J connectivity index is 1.43. The molecule has 0 radical (unpaired) electrons. The van der Waals surface area contributed by atoms with E-state index in [0.29, 0.717) is 16.1 Å².